The van der Waals surface area contributed by atoms with Crippen LogP contribution in [0.4, 0.5) is 4.39 Å². The highest BCUT2D eigenvalue weighted by atomic mass is 19.1. The Bertz CT molecular complexity index is 774. The van der Waals surface area contributed by atoms with Gasteiger partial charge in [0.25, 0.3) is 0 Å². The third-order valence-electron chi connectivity index (χ3n) is 6.03. The summed E-state index contributed by atoms with van der Waals surface area (Å²) in [4.78, 5) is 12.3. The van der Waals surface area contributed by atoms with Crippen LogP contribution in [0.2, 0.25) is 0 Å². The Morgan fingerprint density at radius 3 is 2.39 bits per heavy atom. The highest BCUT2D eigenvalue weighted by Gasteiger charge is 2.22. The molecular formula is C25H31FO2. The molecule has 0 atom stereocenters. The second kappa shape index (κ2) is 9.86. The Morgan fingerprint density at radius 2 is 1.75 bits per heavy atom. The van der Waals surface area contributed by atoms with Gasteiger partial charge in [-0.15, -0.1) is 0 Å². The van der Waals surface area contributed by atoms with E-state index in [2.05, 4.69) is 6.92 Å². The SMILES string of the molecule is CCCCCC1CCC(c2ccc(C(=O)Oc3ccc(C)c(F)c3)cc2)CC1. The van der Waals surface area contributed by atoms with E-state index in [-0.39, 0.29) is 11.6 Å². The van der Waals surface area contributed by atoms with Gasteiger partial charge in [0.2, 0.25) is 0 Å². The molecule has 2 aromatic rings. The highest BCUT2D eigenvalue weighted by molar-refractivity contribution is 5.91. The van der Waals surface area contributed by atoms with Gasteiger partial charge in [0.1, 0.15) is 11.6 Å². The predicted molar refractivity (Wildman–Crippen MR) is 111 cm³/mol. The molecule has 1 saturated carbocycles. The van der Waals surface area contributed by atoms with Gasteiger partial charge >= 0.3 is 5.97 Å². The van der Waals surface area contributed by atoms with Gasteiger partial charge in [0.15, 0.2) is 0 Å². The lowest BCUT2D eigenvalue weighted by atomic mass is 9.77. The topological polar surface area (TPSA) is 26.3 Å². The number of unbranched alkanes of at least 4 members (excludes halogenated alkanes) is 2. The molecule has 0 unspecified atom stereocenters. The van der Waals surface area contributed by atoms with Gasteiger partial charge in [-0.05, 0) is 73.8 Å². The minimum Gasteiger partial charge on any atom is -0.423 e. The predicted octanol–water partition coefficient (Wildman–Crippen LogP) is 7.21. The lowest BCUT2D eigenvalue weighted by molar-refractivity contribution is 0.0734. The van der Waals surface area contributed by atoms with E-state index in [0.29, 0.717) is 17.0 Å². The number of aryl methyl sites for hydroxylation is 1. The number of halogens is 1. The molecule has 0 aromatic heterocycles. The molecule has 28 heavy (non-hydrogen) atoms. The average molecular weight is 383 g/mol. The van der Waals surface area contributed by atoms with Crippen molar-refractivity contribution >= 4 is 5.97 Å². The standard InChI is InChI=1S/C25H31FO2/c1-3-4-5-6-19-8-10-20(11-9-19)21-12-14-22(15-13-21)25(27)28-23-16-7-18(2)24(26)17-23/h7,12-17,19-20H,3-6,8-11H2,1-2H3. The number of ether oxygens (including phenoxy) is 1. The third kappa shape index (κ3) is 5.43. The van der Waals surface area contributed by atoms with Crippen LogP contribution < -0.4 is 4.74 Å². The Balaban J connectivity index is 1.53. The fourth-order valence-electron chi connectivity index (χ4n) is 4.16. The van der Waals surface area contributed by atoms with Crippen LogP contribution in [0.3, 0.4) is 0 Å². The Morgan fingerprint density at radius 1 is 1.04 bits per heavy atom. The second-order valence-electron chi connectivity index (χ2n) is 8.14. The zero-order valence-corrected chi connectivity index (χ0v) is 17.0. The number of benzene rings is 2. The molecule has 0 amide bonds. The maximum atomic E-state index is 13.6. The molecule has 0 saturated heterocycles. The van der Waals surface area contributed by atoms with E-state index in [1.165, 1.54) is 63.0 Å². The number of rotatable bonds is 7. The van der Waals surface area contributed by atoms with Crippen LogP contribution >= 0.6 is 0 Å². The monoisotopic (exact) mass is 382 g/mol. The summed E-state index contributed by atoms with van der Waals surface area (Å²) >= 11 is 0. The number of carbonyl (C=O) groups is 1. The summed E-state index contributed by atoms with van der Waals surface area (Å²) in [5, 5.41) is 0. The smallest absolute Gasteiger partial charge is 0.343 e. The van der Waals surface area contributed by atoms with Crippen molar-refractivity contribution in [3.63, 3.8) is 0 Å². The molecule has 0 spiro atoms. The zero-order valence-electron chi connectivity index (χ0n) is 17.0. The van der Waals surface area contributed by atoms with Crippen molar-refractivity contribution in [1.82, 2.24) is 0 Å². The molecular weight excluding hydrogens is 351 g/mol. The van der Waals surface area contributed by atoms with Crippen molar-refractivity contribution in [1.29, 1.82) is 0 Å². The maximum absolute atomic E-state index is 13.6. The van der Waals surface area contributed by atoms with Crippen molar-refractivity contribution in [3.8, 4) is 5.75 Å². The quantitative estimate of drug-likeness (QED) is 0.287. The largest absolute Gasteiger partial charge is 0.423 e. The summed E-state index contributed by atoms with van der Waals surface area (Å²) in [6, 6.07) is 12.2. The van der Waals surface area contributed by atoms with Gasteiger partial charge < -0.3 is 4.74 Å². The van der Waals surface area contributed by atoms with E-state index in [0.717, 1.165) is 5.92 Å². The Hall–Kier alpha value is -2.16. The van der Waals surface area contributed by atoms with Gasteiger partial charge in [-0.1, -0.05) is 50.8 Å². The lowest BCUT2D eigenvalue weighted by Crippen LogP contribution is -2.14. The van der Waals surface area contributed by atoms with Crippen LogP contribution in [-0.4, -0.2) is 5.97 Å². The summed E-state index contributed by atoms with van der Waals surface area (Å²) in [6.07, 6.45) is 10.5. The van der Waals surface area contributed by atoms with Gasteiger partial charge in [-0.3, -0.25) is 0 Å². The fraction of sp³-hybridized carbons (Fsp3) is 0.480. The highest BCUT2D eigenvalue weighted by Crippen LogP contribution is 2.37. The fourth-order valence-corrected chi connectivity index (χ4v) is 4.16. The molecule has 1 aliphatic rings. The molecule has 0 bridgehead atoms. The van der Waals surface area contributed by atoms with Crippen LogP contribution in [0.25, 0.3) is 0 Å². The number of hydrogen-bond donors (Lipinski definition) is 0. The summed E-state index contributed by atoms with van der Waals surface area (Å²) in [5.41, 5.74) is 2.34. The molecule has 0 N–H and O–H groups in total. The molecule has 1 aliphatic carbocycles. The van der Waals surface area contributed by atoms with Crippen LogP contribution in [0.5, 0.6) is 5.75 Å². The Labute approximate surface area is 168 Å². The third-order valence-corrected chi connectivity index (χ3v) is 6.03. The molecule has 0 radical (unpaired) electrons. The van der Waals surface area contributed by atoms with E-state index in [4.69, 9.17) is 4.74 Å². The molecule has 3 heteroatoms. The zero-order chi connectivity index (χ0) is 19.9. The van der Waals surface area contributed by atoms with E-state index < -0.39 is 5.97 Å². The van der Waals surface area contributed by atoms with E-state index >= 15 is 0 Å². The first-order valence-corrected chi connectivity index (χ1v) is 10.6. The molecule has 1 fully saturated rings. The van der Waals surface area contributed by atoms with Crippen LogP contribution in [-0.2, 0) is 0 Å². The number of esters is 1. The summed E-state index contributed by atoms with van der Waals surface area (Å²) in [7, 11) is 0. The molecule has 0 heterocycles. The molecule has 150 valence electrons. The first-order chi connectivity index (χ1) is 13.6. The molecule has 3 rings (SSSR count). The molecule has 2 aromatic carbocycles. The first-order valence-electron chi connectivity index (χ1n) is 10.6. The van der Waals surface area contributed by atoms with E-state index in [9.17, 15) is 9.18 Å². The van der Waals surface area contributed by atoms with Crippen LogP contribution in [0.1, 0.15) is 85.7 Å². The second-order valence-corrected chi connectivity index (χ2v) is 8.14. The van der Waals surface area contributed by atoms with Gasteiger partial charge in [-0.2, -0.15) is 0 Å². The summed E-state index contributed by atoms with van der Waals surface area (Å²) in [5.74, 6) is 0.907. The number of carbonyl (C=O) groups excluding carboxylic acids is 1. The normalized spacial score (nSPS) is 19.4. The van der Waals surface area contributed by atoms with Crippen molar-refractivity contribution in [2.45, 2.75) is 71.1 Å². The van der Waals surface area contributed by atoms with E-state index in [1.54, 1.807) is 19.1 Å². The molecule has 0 aliphatic heterocycles. The first kappa shape index (κ1) is 20.6. The van der Waals surface area contributed by atoms with Gasteiger partial charge in [0.05, 0.1) is 5.56 Å². The summed E-state index contributed by atoms with van der Waals surface area (Å²) in [6.45, 7) is 3.94. The minimum atomic E-state index is -0.450. The van der Waals surface area contributed by atoms with Crippen molar-refractivity contribution in [2.75, 3.05) is 0 Å². The van der Waals surface area contributed by atoms with Crippen LogP contribution in [0, 0.1) is 18.7 Å². The van der Waals surface area contributed by atoms with Crippen LogP contribution in [0.15, 0.2) is 42.5 Å². The Kier molecular flexibility index (Phi) is 7.24. The van der Waals surface area contributed by atoms with Gasteiger partial charge in [0, 0.05) is 6.07 Å². The number of hydrogen-bond acceptors (Lipinski definition) is 2. The van der Waals surface area contributed by atoms with Crippen molar-refractivity contribution in [3.05, 3.63) is 65.0 Å². The molecule has 2 nitrogen and oxygen atoms in total. The lowest BCUT2D eigenvalue weighted by Gasteiger charge is -2.29. The average Bonchev–Trinajstić information content (AvgIpc) is 2.72. The summed E-state index contributed by atoms with van der Waals surface area (Å²) < 4.78 is 18.9. The minimum absolute atomic E-state index is 0.235. The van der Waals surface area contributed by atoms with E-state index in [1.807, 2.05) is 24.3 Å². The van der Waals surface area contributed by atoms with Crippen molar-refractivity contribution < 1.29 is 13.9 Å². The van der Waals surface area contributed by atoms with Gasteiger partial charge in [-0.25, -0.2) is 9.18 Å². The maximum Gasteiger partial charge on any atom is 0.343 e. The van der Waals surface area contributed by atoms with Crippen molar-refractivity contribution in [2.24, 2.45) is 5.92 Å².